The first-order valence-corrected chi connectivity index (χ1v) is 7.25. The molecule has 0 aliphatic heterocycles. The second-order valence-electron chi connectivity index (χ2n) is 4.52. The SMILES string of the molecule is CCCNC(Cc1ncnn1C)c1cscc1C. The fourth-order valence-corrected chi connectivity index (χ4v) is 2.93. The maximum absolute atomic E-state index is 4.32. The van der Waals surface area contributed by atoms with Crippen LogP contribution in [0, 0.1) is 6.92 Å². The van der Waals surface area contributed by atoms with Crippen LogP contribution in [0.25, 0.3) is 0 Å². The Kier molecular flexibility index (Phi) is 4.49. The van der Waals surface area contributed by atoms with Crippen LogP contribution in [0.3, 0.4) is 0 Å². The maximum Gasteiger partial charge on any atom is 0.138 e. The van der Waals surface area contributed by atoms with Crippen LogP contribution >= 0.6 is 11.3 Å². The number of thiophene rings is 1. The second-order valence-corrected chi connectivity index (χ2v) is 5.26. The molecular formula is C13H20N4S. The standard InChI is InChI=1S/C13H20N4S/c1-4-5-14-12(11-8-18-7-10(11)2)6-13-15-9-16-17(13)3/h7-9,12,14H,4-6H2,1-3H3. The summed E-state index contributed by atoms with van der Waals surface area (Å²) in [6.07, 6.45) is 3.64. The molecule has 18 heavy (non-hydrogen) atoms. The normalized spacial score (nSPS) is 12.8. The van der Waals surface area contributed by atoms with Gasteiger partial charge in [-0.2, -0.15) is 16.4 Å². The zero-order valence-corrected chi connectivity index (χ0v) is 12.0. The molecule has 0 fully saturated rings. The van der Waals surface area contributed by atoms with Crippen molar-refractivity contribution in [3.63, 3.8) is 0 Å². The van der Waals surface area contributed by atoms with Crippen LogP contribution in [0.5, 0.6) is 0 Å². The van der Waals surface area contributed by atoms with Crippen molar-refractivity contribution < 1.29 is 0 Å². The van der Waals surface area contributed by atoms with Crippen LogP contribution in [0.15, 0.2) is 17.1 Å². The highest BCUT2D eigenvalue weighted by Crippen LogP contribution is 2.24. The minimum absolute atomic E-state index is 0.332. The average Bonchev–Trinajstić information content (AvgIpc) is 2.94. The molecule has 0 aromatic carbocycles. The lowest BCUT2D eigenvalue weighted by atomic mass is 10.0. The highest BCUT2D eigenvalue weighted by molar-refractivity contribution is 7.08. The fraction of sp³-hybridized carbons (Fsp3) is 0.538. The van der Waals surface area contributed by atoms with Crippen LogP contribution in [0.1, 0.15) is 36.3 Å². The summed E-state index contributed by atoms with van der Waals surface area (Å²) in [5.41, 5.74) is 2.74. The minimum atomic E-state index is 0.332. The third-order valence-corrected chi connectivity index (χ3v) is 3.98. The van der Waals surface area contributed by atoms with Crippen molar-refractivity contribution in [2.45, 2.75) is 32.7 Å². The highest BCUT2D eigenvalue weighted by Gasteiger charge is 2.16. The van der Waals surface area contributed by atoms with E-state index in [-0.39, 0.29) is 0 Å². The third-order valence-electron chi connectivity index (χ3n) is 3.10. The summed E-state index contributed by atoms with van der Waals surface area (Å²) in [6, 6.07) is 0.332. The van der Waals surface area contributed by atoms with Gasteiger partial charge < -0.3 is 5.32 Å². The molecule has 5 heteroatoms. The molecule has 0 aliphatic carbocycles. The number of aromatic nitrogens is 3. The molecule has 0 aliphatic rings. The van der Waals surface area contributed by atoms with E-state index in [1.807, 2.05) is 11.7 Å². The Morgan fingerprint density at radius 2 is 2.28 bits per heavy atom. The zero-order chi connectivity index (χ0) is 13.0. The van der Waals surface area contributed by atoms with Gasteiger partial charge in [0.2, 0.25) is 0 Å². The van der Waals surface area contributed by atoms with Gasteiger partial charge in [-0.25, -0.2) is 4.98 Å². The Labute approximate surface area is 112 Å². The van der Waals surface area contributed by atoms with Crippen LogP contribution in [-0.4, -0.2) is 21.3 Å². The Morgan fingerprint density at radius 3 is 2.83 bits per heavy atom. The number of hydrogen-bond donors (Lipinski definition) is 1. The molecular weight excluding hydrogens is 244 g/mol. The predicted octanol–water partition coefficient (Wildman–Crippen LogP) is 2.47. The molecule has 4 nitrogen and oxygen atoms in total. The summed E-state index contributed by atoms with van der Waals surface area (Å²) in [6.45, 7) is 5.38. The lowest BCUT2D eigenvalue weighted by Gasteiger charge is -2.18. The van der Waals surface area contributed by atoms with Gasteiger partial charge in [0.15, 0.2) is 0 Å². The number of nitrogens with one attached hydrogen (secondary N) is 1. The minimum Gasteiger partial charge on any atom is -0.310 e. The first-order chi connectivity index (χ1) is 8.72. The summed E-state index contributed by atoms with van der Waals surface area (Å²) in [5.74, 6) is 1.02. The van der Waals surface area contributed by atoms with E-state index in [0.717, 1.165) is 25.2 Å². The van der Waals surface area contributed by atoms with E-state index in [0.29, 0.717) is 6.04 Å². The van der Waals surface area contributed by atoms with E-state index in [9.17, 15) is 0 Å². The van der Waals surface area contributed by atoms with Crippen molar-refractivity contribution in [2.75, 3.05) is 6.54 Å². The molecule has 2 aromatic rings. The maximum atomic E-state index is 4.32. The van der Waals surface area contributed by atoms with E-state index in [4.69, 9.17) is 0 Å². The van der Waals surface area contributed by atoms with E-state index in [1.165, 1.54) is 11.1 Å². The molecule has 1 unspecified atom stereocenters. The number of nitrogens with zero attached hydrogens (tertiary/aromatic N) is 3. The molecule has 1 N–H and O–H groups in total. The Balaban J connectivity index is 2.15. The van der Waals surface area contributed by atoms with Crippen LogP contribution in [-0.2, 0) is 13.5 Å². The lowest BCUT2D eigenvalue weighted by Crippen LogP contribution is -2.25. The topological polar surface area (TPSA) is 42.7 Å². The molecule has 2 rings (SSSR count). The average molecular weight is 264 g/mol. The third kappa shape index (κ3) is 2.97. The number of rotatable bonds is 6. The summed E-state index contributed by atoms with van der Waals surface area (Å²) in [5, 5.41) is 12.2. The van der Waals surface area contributed by atoms with Crippen molar-refractivity contribution >= 4 is 11.3 Å². The van der Waals surface area contributed by atoms with Crippen molar-refractivity contribution in [3.8, 4) is 0 Å². The molecule has 0 saturated carbocycles. The Hall–Kier alpha value is -1.20. The number of hydrogen-bond acceptors (Lipinski definition) is 4. The van der Waals surface area contributed by atoms with Crippen LogP contribution < -0.4 is 5.32 Å². The molecule has 98 valence electrons. The Bertz CT molecular complexity index is 489. The molecule has 0 spiro atoms. The predicted molar refractivity (Wildman–Crippen MR) is 74.8 cm³/mol. The molecule has 0 amide bonds. The quantitative estimate of drug-likeness (QED) is 0.871. The molecule has 0 saturated heterocycles. The van der Waals surface area contributed by atoms with Gasteiger partial charge in [-0.15, -0.1) is 0 Å². The zero-order valence-electron chi connectivity index (χ0n) is 11.2. The van der Waals surface area contributed by atoms with Gasteiger partial charge in [0, 0.05) is 19.5 Å². The van der Waals surface area contributed by atoms with Gasteiger partial charge in [0.1, 0.15) is 12.2 Å². The smallest absolute Gasteiger partial charge is 0.138 e. The summed E-state index contributed by atoms with van der Waals surface area (Å²) >= 11 is 1.76. The van der Waals surface area contributed by atoms with Gasteiger partial charge in [-0.1, -0.05) is 6.92 Å². The molecule has 0 radical (unpaired) electrons. The molecule has 0 bridgehead atoms. The summed E-state index contributed by atoms with van der Waals surface area (Å²) < 4.78 is 1.85. The van der Waals surface area contributed by atoms with Gasteiger partial charge in [-0.05, 0) is 41.8 Å². The van der Waals surface area contributed by atoms with Gasteiger partial charge in [0.25, 0.3) is 0 Å². The largest absolute Gasteiger partial charge is 0.310 e. The van der Waals surface area contributed by atoms with Crippen molar-refractivity contribution in [3.05, 3.63) is 34.0 Å². The number of aryl methyl sites for hydroxylation is 2. The second kappa shape index (κ2) is 6.11. The molecule has 1 atom stereocenters. The molecule has 2 heterocycles. The van der Waals surface area contributed by atoms with Crippen LogP contribution in [0.4, 0.5) is 0 Å². The van der Waals surface area contributed by atoms with E-state index in [2.05, 4.69) is 40.0 Å². The summed E-state index contributed by atoms with van der Waals surface area (Å²) in [7, 11) is 1.94. The van der Waals surface area contributed by atoms with Gasteiger partial charge >= 0.3 is 0 Å². The van der Waals surface area contributed by atoms with Gasteiger partial charge in [-0.3, -0.25) is 4.68 Å². The monoisotopic (exact) mass is 264 g/mol. The van der Waals surface area contributed by atoms with Crippen molar-refractivity contribution in [1.82, 2.24) is 20.1 Å². The Morgan fingerprint density at radius 1 is 1.44 bits per heavy atom. The van der Waals surface area contributed by atoms with Crippen molar-refractivity contribution in [2.24, 2.45) is 7.05 Å². The molecule has 2 aromatic heterocycles. The van der Waals surface area contributed by atoms with Crippen molar-refractivity contribution in [1.29, 1.82) is 0 Å². The van der Waals surface area contributed by atoms with E-state index < -0.39 is 0 Å². The first-order valence-electron chi connectivity index (χ1n) is 6.31. The highest BCUT2D eigenvalue weighted by atomic mass is 32.1. The summed E-state index contributed by atoms with van der Waals surface area (Å²) in [4.78, 5) is 4.32. The van der Waals surface area contributed by atoms with Crippen LogP contribution in [0.2, 0.25) is 0 Å². The van der Waals surface area contributed by atoms with E-state index >= 15 is 0 Å². The fourth-order valence-electron chi connectivity index (χ4n) is 2.03. The lowest BCUT2D eigenvalue weighted by molar-refractivity contribution is 0.506. The van der Waals surface area contributed by atoms with E-state index in [1.54, 1.807) is 17.7 Å². The first kappa shape index (κ1) is 13.2. The van der Waals surface area contributed by atoms with Gasteiger partial charge in [0.05, 0.1) is 0 Å².